The number of pyridine rings is 1. The van der Waals surface area contributed by atoms with E-state index in [1.165, 1.54) is 0 Å². The van der Waals surface area contributed by atoms with Crippen molar-refractivity contribution >= 4 is 16.8 Å². The van der Waals surface area contributed by atoms with Crippen LogP contribution in [0.15, 0.2) is 29.1 Å². The molecule has 1 spiro atoms. The second kappa shape index (κ2) is 6.57. The van der Waals surface area contributed by atoms with Gasteiger partial charge in [0.1, 0.15) is 5.75 Å². The van der Waals surface area contributed by atoms with Crippen LogP contribution in [0, 0.1) is 5.92 Å². The highest BCUT2D eigenvalue weighted by atomic mass is 16.5. The van der Waals surface area contributed by atoms with Gasteiger partial charge >= 0.3 is 0 Å². The molecular weight excluding hydrogens is 370 g/mol. The lowest BCUT2D eigenvalue weighted by atomic mass is 10.0. The minimum absolute atomic E-state index is 0.00437. The van der Waals surface area contributed by atoms with Gasteiger partial charge in [-0.2, -0.15) is 0 Å². The van der Waals surface area contributed by atoms with Crippen LogP contribution in [-0.4, -0.2) is 58.8 Å². The van der Waals surface area contributed by atoms with Gasteiger partial charge in [-0.1, -0.05) is 13.8 Å². The molecule has 3 atom stereocenters. The summed E-state index contributed by atoms with van der Waals surface area (Å²) in [6, 6.07) is 7.77. The van der Waals surface area contributed by atoms with E-state index in [0.717, 1.165) is 23.9 Å². The SMILES string of the molecule is COc1ccc2cc(CN3CC[C@@]45OC[C@@H](C(C)C)N4C(=O)C[C@@H]35)c(=O)[nH]c2c1. The summed E-state index contributed by atoms with van der Waals surface area (Å²) in [5, 5.41) is 0.968. The summed E-state index contributed by atoms with van der Waals surface area (Å²) >= 11 is 0. The van der Waals surface area contributed by atoms with E-state index in [-0.39, 0.29) is 23.6 Å². The topological polar surface area (TPSA) is 74.9 Å². The number of carbonyl (C=O) groups is 1. The summed E-state index contributed by atoms with van der Waals surface area (Å²) in [7, 11) is 1.61. The average Bonchev–Trinajstić information content (AvgIpc) is 3.32. The molecule has 2 aromatic rings. The van der Waals surface area contributed by atoms with Gasteiger partial charge in [-0.15, -0.1) is 0 Å². The number of nitrogens with one attached hydrogen (secondary N) is 1. The Bertz CT molecular complexity index is 1030. The minimum atomic E-state index is -0.511. The Kier molecular flexibility index (Phi) is 4.22. The van der Waals surface area contributed by atoms with Crippen molar-refractivity contribution in [2.45, 2.75) is 51.0 Å². The number of hydrogen-bond donors (Lipinski definition) is 1. The summed E-state index contributed by atoms with van der Waals surface area (Å²) in [5.74, 6) is 1.26. The number of ether oxygens (including phenoxy) is 2. The predicted octanol–water partition coefficient (Wildman–Crippen LogP) is 2.09. The van der Waals surface area contributed by atoms with Crippen LogP contribution in [0.2, 0.25) is 0 Å². The van der Waals surface area contributed by atoms with E-state index in [1.54, 1.807) is 7.11 Å². The first-order valence-electron chi connectivity index (χ1n) is 10.3. The van der Waals surface area contributed by atoms with Crippen molar-refractivity contribution in [3.63, 3.8) is 0 Å². The summed E-state index contributed by atoms with van der Waals surface area (Å²) in [4.78, 5) is 32.8. The molecule has 0 bridgehead atoms. The molecule has 7 heteroatoms. The van der Waals surface area contributed by atoms with Crippen LogP contribution in [0.1, 0.15) is 32.3 Å². The molecule has 3 fully saturated rings. The lowest BCUT2D eigenvalue weighted by molar-refractivity contribution is -0.139. The molecule has 0 unspecified atom stereocenters. The number of aromatic amines is 1. The first kappa shape index (κ1) is 18.6. The summed E-state index contributed by atoms with van der Waals surface area (Å²) in [6.45, 7) is 6.22. The first-order valence-corrected chi connectivity index (χ1v) is 10.3. The highest BCUT2D eigenvalue weighted by molar-refractivity contribution is 5.82. The number of H-pyrrole nitrogens is 1. The van der Waals surface area contributed by atoms with Crippen LogP contribution in [0.25, 0.3) is 10.9 Å². The average molecular weight is 397 g/mol. The van der Waals surface area contributed by atoms with Gasteiger partial charge in [-0.3, -0.25) is 14.5 Å². The summed E-state index contributed by atoms with van der Waals surface area (Å²) < 4.78 is 11.5. The van der Waals surface area contributed by atoms with Crippen molar-refractivity contribution in [3.05, 3.63) is 40.2 Å². The zero-order valence-corrected chi connectivity index (χ0v) is 17.1. The Morgan fingerprint density at radius 1 is 1.31 bits per heavy atom. The molecule has 0 saturated carbocycles. The molecular formula is C22H27N3O4. The van der Waals surface area contributed by atoms with Gasteiger partial charge in [0.2, 0.25) is 5.91 Å². The molecule has 5 rings (SSSR count). The van der Waals surface area contributed by atoms with Gasteiger partial charge < -0.3 is 19.4 Å². The lowest BCUT2D eigenvalue weighted by Crippen LogP contribution is -2.50. The van der Waals surface area contributed by atoms with E-state index in [1.807, 2.05) is 29.2 Å². The van der Waals surface area contributed by atoms with Crippen LogP contribution in [0.3, 0.4) is 0 Å². The van der Waals surface area contributed by atoms with E-state index in [9.17, 15) is 9.59 Å². The Balaban J connectivity index is 1.43. The van der Waals surface area contributed by atoms with Crippen LogP contribution in [0.5, 0.6) is 5.75 Å². The highest BCUT2D eigenvalue weighted by Gasteiger charge is 2.64. The largest absolute Gasteiger partial charge is 0.497 e. The molecule has 3 aliphatic heterocycles. The fourth-order valence-corrected chi connectivity index (χ4v) is 5.33. The molecule has 29 heavy (non-hydrogen) atoms. The summed E-state index contributed by atoms with van der Waals surface area (Å²) in [6.07, 6.45) is 1.27. The van der Waals surface area contributed by atoms with Crippen molar-refractivity contribution in [3.8, 4) is 5.75 Å². The number of amides is 1. The maximum atomic E-state index is 12.8. The zero-order chi connectivity index (χ0) is 20.3. The number of benzene rings is 1. The molecule has 0 radical (unpaired) electrons. The number of nitrogens with zero attached hydrogens (tertiary/aromatic N) is 2. The molecule has 154 valence electrons. The van der Waals surface area contributed by atoms with Crippen LogP contribution < -0.4 is 10.3 Å². The monoisotopic (exact) mass is 397 g/mol. The van der Waals surface area contributed by atoms with E-state index in [2.05, 4.69) is 23.7 Å². The van der Waals surface area contributed by atoms with Crippen molar-refractivity contribution in [1.82, 2.24) is 14.8 Å². The standard InChI is InChI=1S/C22H27N3O4/c1-13(2)18-12-29-22-6-7-24(19(22)10-20(26)25(18)22)11-15-8-14-4-5-16(28-3)9-17(14)23-21(15)27/h4-5,8-9,13,18-19H,6-7,10-12H2,1-3H3,(H,23,27)/t18-,19+,22-/m0/s1. The van der Waals surface area contributed by atoms with Gasteiger partial charge in [0.25, 0.3) is 5.56 Å². The minimum Gasteiger partial charge on any atom is -0.497 e. The zero-order valence-electron chi connectivity index (χ0n) is 17.1. The number of likely N-dealkylation sites (tertiary alicyclic amines) is 1. The molecule has 4 heterocycles. The highest BCUT2D eigenvalue weighted by Crippen LogP contribution is 2.49. The summed E-state index contributed by atoms with van der Waals surface area (Å²) in [5.41, 5.74) is 0.865. The molecule has 0 aliphatic carbocycles. The Hall–Kier alpha value is -2.38. The Morgan fingerprint density at radius 3 is 2.90 bits per heavy atom. The Morgan fingerprint density at radius 2 is 2.14 bits per heavy atom. The van der Waals surface area contributed by atoms with Crippen molar-refractivity contribution < 1.29 is 14.3 Å². The van der Waals surface area contributed by atoms with E-state index >= 15 is 0 Å². The molecule has 1 amide bonds. The number of methoxy groups -OCH3 is 1. The van der Waals surface area contributed by atoms with Crippen molar-refractivity contribution in [1.29, 1.82) is 0 Å². The van der Waals surface area contributed by atoms with Crippen LogP contribution in [-0.2, 0) is 16.1 Å². The number of rotatable bonds is 4. The van der Waals surface area contributed by atoms with E-state index in [4.69, 9.17) is 9.47 Å². The third kappa shape index (κ3) is 2.71. The van der Waals surface area contributed by atoms with Crippen LogP contribution in [0.4, 0.5) is 0 Å². The second-order valence-electron chi connectivity index (χ2n) is 8.75. The molecule has 1 aromatic heterocycles. The smallest absolute Gasteiger partial charge is 0.252 e. The third-order valence-corrected chi connectivity index (χ3v) is 6.87. The van der Waals surface area contributed by atoms with Gasteiger partial charge in [0.05, 0.1) is 31.3 Å². The lowest BCUT2D eigenvalue weighted by Gasteiger charge is -2.34. The predicted molar refractivity (Wildman–Crippen MR) is 109 cm³/mol. The molecule has 3 aliphatic rings. The molecule has 7 nitrogen and oxygen atoms in total. The number of aromatic nitrogens is 1. The van der Waals surface area contributed by atoms with Gasteiger partial charge in [0.15, 0.2) is 5.72 Å². The maximum absolute atomic E-state index is 12.8. The molecule has 1 N–H and O–H groups in total. The fraction of sp³-hybridized carbons (Fsp3) is 0.545. The van der Waals surface area contributed by atoms with E-state index in [0.29, 0.717) is 36.8 Å². The number of hydrogen-bond acceptors (Lipinski definition) is 5. The molecule has 1 aromatic carbocycles. The second-order valence-corrected chi connectivity index (χ2v) is 8.75. The number of fused-ring (bicyclic) bond motifs is 1. The normalized spacial score (nSPS) is 29.1. The van der Waals surface area contributed by atoms with E-state index < -0.39 is 5.72 Å². The van der Waals surface area contributed by atoms with Crippen molar-refractivity contribution in [2.24, 2.45) is 5.92 Å². The van der Waals surface area contributed by atoms with Gasteiger partial charge in [-0.25, -0.2) is 0 Å². The van der Waals surface area contributed by atoms with Crippen molar-refractivity contribution in [2.75, 3.05) is 20.3 Å². The molecule has 3 saturated heterocycles. The fourth-order valence-electron chi connectivity index (χ4n) is 5.33. The third-order valence-electron chi connectivity index (χ3n) is 6.87. The van der Waals surface area contributed by atoms with Gasteiger partial charge in [-0.05, 0) is 29.5 Å². The Labute approximate surface area is 169 Å². The van der Waals surface area contributed by atoms with Gasteiger partial charge in [0, 0.05) is 37.6 Å². The van der Waals surface area contributed by atoms with Crippen LogP contribution >= 0.6 is 0 Å². The maximum Gasteiger partial charge on any atom is 0.252 e. The first-order chi connectivity index (χ1) is 13.9. The number of carbonyl (C=O) groups excluding carboxylic acids is 1. The quantitative estimate of drug-likeness (QED) is 0.855.